The smallest absolute Gasteiger partial charge is 0.234 e. The zero-order chi connectivity index (χ0) is 19.8. The van der Waals surface area contributed by atoms with Crippen molar-refractivity contribution < 1.29 is 14.7 Å². The summed E-state index contributed by atoms with van der Waals surface area (Å²) in [6.07, 6.45) is 0.919. The lowest BCUT2D eigenvalue weighted by atomic mass is 10.1. The second-order valence-corrected chi connectivity index (χ2v) is 7.05. The first-order valence-electron chi connectivity index (χ1n) is 9.69. The van der Waals surface area contributed by atoms with Crippen LogP contribution in [0, 0.1) is 0 Å². The largest absolute Gasteiger partial charge is 0.508 e. The number of nitrogens with one attached hydrogen (secondary N) is 1. The number of aryl methyl sites for hydroxylation is 1. The third kappa shape index (κ3) is 5.82. The lowest BCUT2D eigenvalue weighted by Crippen LogP contribution is -2.51. The molecule has 0 atom stereocenters. The number of aromatic hydroxyl groups is 1. The van der Waals surface area contributed by atoms with E-state index >= 15 is 0 Å². The summed E-state index contributed by atoms with van der Waals surface area (Å²) < 4.78 is 0. The minimum Gasteiger partial charge on any atom is -0.508 e. The average Bonchev–Trinajstić information content (AvgIpc) is 2.73. The van der Waals surface area contributed by atoms with Crippen LogP contribution < -0.4 is 5.32 Å². The number of phenols is 1. The molecular weight excluding hydrogens is 354 g/mol. The van der Waals surface area contributed by atoms with E-state index in [1.54, 1.807) is 12.1 Å². The van der Waals surface area contributed by atoms with E-state index in [0.29, 0.717) is 52.1 Å². The zero-order valence-corrected chi connectivity index (χ0v) is 16.0. The van der Waals surface area contributed by atoms with Crippen LogP contribution in [0.3, 0.4) is 0 Å². The minimum absolute atomic E-state index is 0.00295. The van der Waals surface area contributed by atoms with Crippen molar-refractivity contribution in [3.05, 3.63) is 65.7 Å². The molecule has 0 radical (unpaired) electrons. The lowest BCUT2D eigenvalue weighted by Gasteiger charge is -2.34. The molecule has 6 heteroatoms. The molecule has 1 saturated heterocycles. The van der Waals surface area contributed by atoms with Crippen LogP contribution in [0.25, 0.3) is 0 Å². The molecule has 1 heterocycles. The molecule has 0 bridgehead atoms. The van der Waals surface area contributed by atoms with Crippen LogP contribution in [0.2, 0.25) is 0 Å². The van der Waals surface area contributed by atoms with Crippen molar-refractivity contribution in [2.45, 2.75) is 19.4 Å². The quantitative estimate of drug-likeness (QED) is 0.767. The average molecular weight is 381 g/mol. The monoisotopic (exact) mass is 381 g/mol. The molecule has 0 spiro atoms. The summed E-state index contributed by atoms with van der Waals surface area (Å²) in [6, 6.07) is 17.0. The van der Waals surface area contributed by atoms with E-state index in [-0.39, 0.29) is 17.6 Å². The summed E-state index contributed by atoms with van der Waals surface area (Å²) in [5, 5.41) is 12.7. The van der Waals surface area contributed by atoms with Crippen LogP contribution in [0.15, 0.2) is 54.6 Å². The molecule has 28 heavy (non-hydrogen) atoms. The number of benzene rings is 2. The summed E-state index contributed by atoms with van der Waals surface area (Å²) in [7, 11) is 0. The van der Waals surface area contributed by atoms with E-state index in [1.165, 1.54) is 0 Å². The van der Waals surface area contributed by atoms with Gasteiger partial charge in [-0.05, 0) is 23.6 Å². The van der Waals surface area contributed by atoms with Crippen molar-refractivity contribution in [1.29, 1.82) is 0 Å². The van der Waals surface area contributed by atoms with Crippen molar-refractivity contribution in [2.24, 2.45) is 0 Å². The van der Waals surface area contributed by atoms with Gasteiger partial charge in [0.2, 0.25) is 11.8 Å². The molecule has 1 fully saturated rings. The van der Waals surface area contributed by atoms with Gasteiger partial charge in [0.15, 0.2) is 0 Å². The summed E-state index contributed by atoms with van der Waals surface area (Å²) in [5.74, 6) is 0.334. The fraction of sp³-hybridized carbons (Fsp3) is 0.364. The Hall–Kier alpha value is -2.86. The molecule has 1 aliphatic rings. The minimum atomic E-state index is 0.00295. The molecule has 0 saturated carbocycles. The highest BCUT2D eigenvalue weighted by Crippen LogP contribution is 2.18. The number of carbonyl (C=O) groups is 2. The van der Waals surface area contributed by atoms with E-state index < -0.39 is 0 Å². The van der Waals surface area contributed by atoms with E-state index in [2.05, 4.69) is 10.2 Å². The van der Waals surface area contributed by atoms with Crippen molar-refractivity contribution >= 4 is 11.8 Å². The standard InChI is InChI=1S/C22H27N3O3/c26-20-9-5-4-8-19(20)10-11-22(28)25-14-12-24(13-15-25)17-21(27)23-16-18-6-2-1-3-7-18/h1-9,26H,10-17H2,(H,23,27). The molecule has 0 aliphatic carbocycles. The highest BCUT2D eigenvalue weighted by molar-refractivity contribution is 5.78. The molecule has 2 aromatic rings. The second-order valence-electron chi connectivity index (χ2n) is 7.05. The molecule has 2 amide bonds. The molecular formula is C22H27N3O3. The summed E-state index contributed by atoms with van der Waals surface area (Å²) in [5.41, 5.74) is 1.88. The Morgan fingerprint density at radius 2 is 1.61 bits per heavy atom. The summed E-state index contributed by atoms with van der Waals surface area (Å²) >= 11 is 0. The fourth-order valence-corrected chi connectivity index (χ4v) is 3.33. The second kappa shape index (κ2) is 9.90. The van der Waals surface area contributed by atoms with E-state index in [4.69, 9.17) is 0 Å². The molecule has 6 nitrogen and oxygen atoms in total. The summed E-state index contributed by atoms with van der Waals surface area (Å²) in [6.45, 7) is 3.54. The first-order valence-corrected chi connectivity index (χ1v) is 9.69. The van der Waals surface area contributed by atoms with Gasteiger partial charge in [0.05, 0.1) is 6.54 Å². The van der Waals surface area contributed by atoms with Gasteiger partial charge in [0.25, 0.3) is 0 Å². The van der Waals surface area contributed by atoms with E-state index in [9.17, 15) is 14.7 Å². The first-order chi connectivity index (χ1) is 13.6. The highest BCUT2D eigenvalue weighted by atomic mass is 16.3. The van der Waals surface area contributed by atoms with Gasteiger partial charge in [0, 0.05) is 39.1 Å². The van der Waals surface area contributed by atoms with Crippen molar-refractivity contribution in [2.75, 3.05) is 32.7 Å². The maximum absolute atomic E-state index is 12.4. The van der Waals surface area contributed by atoms with Crippen molar-refractivity contribution in [1.82, 2.24) is 15.1 Å². The van der Waals surface area contributed by atoms with Crippen LogP contribution in [-0.4, -0.2) is 59.4 Å². The number of hydrogen-bond acceptors (Lipinski definition) is 4. The molecule has 2 aromatic carbocycles. The van der Waals surface area contributed by atoms with Crippen LogP contribution in [0.1, 0.15) is 17.5 Å². The van der Waals surface area contributed by atoms with Crippen LogP contribution in [0.4, 0.5) is 0 Å². The molecule has 0 unspecified atom stereocenters. The molecule has 3 rings (SSSR count). The predicted octanol–water partition coefficient (Wildman–Crippen LogP) is 1.79. The number of nitrogens with zero attached hydrogens (tertiary/aromatic N) is 2. The van der Waals surface area contributed by atoms with Gasteiger partial charge in [-0.1, -0.05) is 48.5 Å². The van der Waals surface area contributed by atoms with Gasteiger partial charge in [0.1, 0.15) is 5.75 Å². The fourth-order valence-electron chi connectivity index (χ4n) is 3.33. The maximum Gasteiger partial charge on any atom is 0.234 e. The Kier molecular flexibility index (Phi) is 7.03. The van der Waals surface area contributed by atoms with Gasteiger partial charge in [-0.2, -0.15) is 0 Å². The third-order valence-corrected chi connectivity index (χ3v) is 5.02. The Labute approximate surface area is 165 Å². The maximum atomic E-state index is 12.4. The highest BCUT2D eigenvalue weighted by Gasteiger charge is 2.22. The van der Waals surface area contributed by atoms with Crippen molar-refractivity contribution in [3.8, 4) is 5.75 Å². The normalized spacial score (nSPS) is 14.6. The molecule has 148 valence electrons. The van der Waals surface area contributed by atoms with Gasteiger partial charge in [-0.15, -0.1) is 0 Å². The number of phenolic OH excluding ortho intramolecular Hbond substituents is 1. The molecule has 0 aromatic heterocycles. The predicted molar refractivity (Wildman–Crippen MR) is 108 cm³/mol. The van der Waals surface area contributed by atoms with Gasteiger partial charge in [-0.3, -0.25) is 14.5 Å². The Bertz CT molecular complexity index is 787. The SMILES string of the molecule is O=C(CN1CCN(C(=O)CCc2ccccc2O)CC1)NCc1ccccc1. The van der Waals surface area contributed by atoms with Crippen LogP contribution >= 0.6 is 0 Å². The number of rotatable bonds is 7. The zero-order valence-electron chi connectivity index (χ0n) is 16.0. The molecule has 1 aliphatic heterocycles. The number of amides is 2. The third-order valence-electron chi connectivity index (χ3n) is 5.02. The Morgan fingerprint density at radius 1 is 0.929 bits per heavy atom. The molecule has 2 N–H and O–H groups in total. The van der Waals surface area contributed by atoms with Crippen molar-refractivity contribution in [3.63, 3.8) is 0 Å². The van der Waals surface area contributed by atoms with Gasteiger partial charge >= 0.3 is 0 Å². The van der Waals surface area contributed by atoms with Gasteiger partial charge < -0.3 is 15.3 Å². The Morgan fingerprint density at radius 3 is 2.32 bits per heavy atom. The van der Waals surface area contributed by atoms with Crippen LogP contribution in [0.5, 0.6) is 5.75 Å². The number of hydrogen-bond donors (Lipinski definition) is 2. The van der Waals surface area contributed by atoms with E-state index in [1.807, 2.05) is 47.4 Å². The van der Waals surface area contributed by atoms with Gasteiger partial charge in [-0.25, -0.2) is 0 Å². The van der Waals surface area contributed by atoms with E-state index in [0.717, 1.165) is 11.1 Å². The topological polar surface area (TPSA) is 72.9 Å². The number of piperazine rings is 1. The Balaban J connectivity index is 1.36. The summed E-state index contributed by atoms with van der Waals surface area (Å²) in [4.78, 5) is 28.5. The first kappa shape index (κ1) is 19.9. The van der Waals surface area contributed by atoms with Crippen LogP contribution in [-0.2, 0) is 22.6 Å². The number of carbonyl (C=O) groups excluding carboxylic acids is 2. The lowest BCUT2D eigenvalue weighted by molar-refractivity contribution is -0.133. The number of para-hydroxylation sites is 1.